The fraction of sp³-hybridized carbons (Fsp3) is 0.357. The molecule has 3 aliphatic rings. The van der Waals surface area contributed by atoms with Crippen molar-refractivity contribution in [3.8, 4) is 5.75 Å². The number of phenols is 1. The first-order valence-electron chi connectivity index (χ1n) is 13.1. The fourth-order valence-electron chi connectivity index (χ4n) is 6.33. The molecular weight excluding hydrogens is 503 g/mol. The van der Waals surface area contributed by atoms with Crippen LogP contribution in [0.3, 0.4) is 0 Å². The van der Waals surface area contributed by atoms with Crippen molar-refractivity contribution in [1.82, 2.24) is 0 Å². The summed E-state index contributed by atoms with van der Waals surface area (Å²) in [6.45, 7) is 3.85. The van der Waals surface area contributed by atoms with Crippen LogP contribution in [0.2, 0.25) is 6.32 Å². The molecule has 11 heteroatoms. The Bertz CT molecular complexity index is 1380. The maximum absolute atomic E-state index is 13.7. The summed E-state index contributed by atoms with van der Waals surface area (Å²) in [6.07, 6.45) is 3.11. The van der Waals surface area contributed by atoms with Gasteiger partial charge in [0.15, 0.2) is 11.6 Å². The Balaban J connectivity index is 1.38. The van der Waals surface area contributed by atoms with Gasteiger partial charge in [-0.1, -0.05) is 35.4 Å². The first kappa shape index (κ1) is 27.3. The second-order valence-electron chi connectivity index (χ2n) is 10.7. The highest BCUT2D eigenvalue weighted by molar-refractivity contribution is 6.58. The minimum absolute atomic E-state index is 0.179. The van der Waals surface area contributed by atoms with Crippen LogP contribution in [0.5, 0.6) is 5.75 Å². The van der Waals surface area contributed by atoms with Crippen LogP contribution in [0.25, 0.3) is 6.08 Å². The molecule has 39 heavy (non-hydrogen) atoms. The van der Waals surface area contributed by atoms with Gasteiger partial charge in [0.1, 0.15) is 0 Å². The summed E-state index contributed by atoms with van der Waals surface area (Å²) in [7, 11) is -2.82. The molecule has 5 rings (SSSR count). The molecule has 4 atom stereocenters. The summed E-state index contributed by atoms with van der Waals surface area (Å²) < 4.78 is 19.7. The number of aromatic hydroxyl groups is 1. The second-order valence-corrected chi connectivity index (χ2v) is 10.7. The number of anilines is 1. The summed E-state index contributed by atoms with van der Waals surface area (Å²) >= 11 is 0. The smallest absolute Gasteiger partial charge is 0.488 e. The van der Waals surface area contributed by atoms with Crippen LogP contribution < -0.4 is 10.4 Å². The van der Waals surface area contributed by atoms with Gasteiger partial charge in [-0.05, 0) is 86.2 Å². The number of carbonyl (C=O) groups excluding carboxylic acids is 2. The van der Waals surface area contributed by atoms with E-state index in [-0.39, 0.29) is 29.5 Å². The molecule has 2 amide bonds. The van der Waals surface area contributed by atoms with Crippen molar-refractivity contribution < 1.29 is 38.8 Å². The molecule has 0 spiro atoms. The molecule has 0 aromatic heterocycles. The summed E-state index contributed by atoms with van der Waals surface area (Å²) in [6, 6.07) is 10.3. The maximum Gasteiger partial charge on any atom is 0.488 e. The van der Waals surface area contributed by atoms with E-state index in [2.05, 4.69) is 0 Å². The molecule has 2 aromatic rings. The Kier molecular flexibility index (Phi) is 7.52. The van der Waals surface area contributed by atoms with Crippen molar-refractivity contribution in [1.29, 1.82) is 0 Å². The van der Waals surface area contributed by atoms with Gasteiger partial charge in [-0.2, -0.15) is 0 Å². The Morgan fingerprint density at radius 1 is 1.18 bits per heavy atom. The van der Waals surface area contributed by atoms with Crippen LogP contribution in [0.1, 0.15) is 38.7 Å². The minimum Gasteiger partial charge on any atom is -0.505 e. The van der Waals surface area contributed by atoms with Gasteiger partial charge in [0, 0.05) is 0 Å². The molecule has 2 saturated heterocycles. The molecule has 2 aromatic carbocycles. The van der Waals surface area contributed by atoms with Gasteiger partial charge in [0.2, 0.25) is 11.8 Å². The number of carbonyl (C=O) groups is 2. The molecule has 0 saturated carbocycles. The molecule has 4 N–H and O–H groups in total. The zero-order valence-electron chi connectivity index (χ0n) is 21.8. The van der Waals surface area contributed by atoms with Crippen LogP contribution in [0.15, 0.2) is 59.2 Å². The van der Waals surface area contributed by atoms with Crippen molar-refractivity contribution in [2.75, 3.05) is 4.90 Å². The molecule has 0 bridgehead atoms. The zero-order chi connectivity index (χ0) is 28.0. The average Bonchev–Trinajstić information content (AvgIpc) is 3.14. The van der Waals surface area contributed by atoms with Crippen molar-refractivity contribution in [3.05, 3.63) is 70.6 Å². The summed E-state index contributed by atoms with van der Waals surface area (Å²) in [5.74, 6) is -3.35. The monoisotopic (exact) mass is 533 g/mol. The van der Waals surface area contributed by atoms with Gasteiger partial charge in [0.05, 0.1) is 23.6 Å². The lowest BCUT2D eigenvalue weighted by atomic mass is 9.59. The minimum atomic E-state index is -1.73. The molecule has 2 heterocycles. The average molecular weight is 533 g/mol. The molecule has 0 radical (unpaired) electrons. The Labute approximate surface area is 226 Å². The van der Waals surface area contributed by atoms with E-state index in [1.807, 2.05) is 19.9 Å². The van der Waals surface area contributed by atoms with E-state index in [1.165, 1.54) is 24.3 Å². The summed E-state index contributed by atoms with van der Waals surface area (Å²) in [5.41, 5.74) is 3.97. The highest BCUT2D eigenvalue weighted by Crippen LogP contribution is 2.51. The number of phenolic OH excluding ortho intramolecular Hbond substituents is 1. The van der Waals surface area contributed by atoms with Gasteiger partial charge in [0.25, 0.3) is 0 Å². The number of hydrogen-bond donors (Lipinski definition) is 4. The Morgan fingerprint density at radius 3 is 2.67 bits per heavy atom. The molecule has 1 aliphatic carbocycles. The topological polar surface area (TPSA) is 128 Å². The number of allylic oxidation sites excluding steroid dienone is 2. The van der Waals surface area contributed by atoms with Gasteiger partial charge in [-0.3, -0.25) is 14.5 Å². The third-order valence-electron chi connectivity index (χ3n) is 8.06. The van der Waals surface area contributed by atoms with Crippen LogP contribution in [0.4, 0.5) is 10.1 Å². The maximum atomic E-state index is 13.7. The fourth-order valence-corrected chi connectivity index (χ4v) is 6.33. The number of hydrogen-bond acceptors (Lipinski definition) is 7. The molecule has 8 nitrogen and oxygen atoms in total. The van der Waals surface area contributed by atoms with Gasteiger partial charge >= 0.3 is 14.2 Å². The van der Waals surface area contributed by atoms with Crippen LogP contribution in [0, 0.1) is 23.6 Å². The largest absolute Gasteiger partial charge is 0.505 e. The van der Waals surface area contributed by atoms with Crippen molar-refractivity contribution in [3.63, 3.8) is 0 Å². The third-order valence-corrected chi connectivity index (χ3v) is 8.06. The highest BCUT2D eigenvalue weighted by Gasteiger charge is 2.57. The number of rotatable bonds is 6. The molecule has 202 valence electrons. The van der Waals surface area contributed by atoms with Crippen LogP contribution >= 0.6 is 0 Å². The number of fused-ring (bicyclic) bond motifs is 3. The molecular formula is C28H30B2FNO7. The van der Waals surface area contributed by atoms with E-state index < -0.39 is 43.7 Å². The first-order valence-corrected chi connectivity index (χ1v) is 13.1. The lowest BCUT2D eigenvalue weighted by Gasteiger charge is -2.42. The quantitative estimate of drug-likeness (QED) is 0.255. The van der Waals surface area contributed by atoms with E-state index in [0.29, 0.717) is 30.5 Å². The summed E-state index contributed by atoms with van der Waals surface area (Å²) in [4.78, 5) is 28.3. The number of benzene rings is 2. The SMILES string of the molecule is CC1=C2[C@@H](CC/C(C)=C/c3ccc(O)c(F)c3)OB(O)C[C@@H]2[C@@H]2C(=O)N(c3cccc(B(O)O)c3)C(=O)[C@@H]2C1. The first-order chi connectivity index (χ1) is 18.5. The predicted octanol–water partition coefficient (Wildman–Crippen LogP) is 2.42. The van der Waals surface area contributed by atoms with Gasteiger partial charge in [-0.15, -0.1) is 0 Å². The van der Waals surface area contributed by atoms with Crippen LogP contribution in [-0.2, 0) is 14.2 Å². The number of halogens is 1. The van der Waals surface area contributed by atoms with E-state index in [4.69, 9.17) is 4.65 Å². The van der Waals surface area contributed by atoms with Crippen molar-refractivity contribution >= 4 is 43.3 Å². The van der Waals surface area contributed by atoms with Gasteiger partial charge in [-0.25, -0.2) is 4.39 Å². The van der Waals surface area contributed by atoms with E-state index in [1.54, 1.807) is 18.2 Å². The lowest BCUT2D eigenvalue weighted by molar-refractivity contribution is -0.122. The predicted molar refractivity (Wildman–Crippen MR) is 145 cm³/mol. The van der Waals surface area contributed by atoms with Crippen molar-refractivity contribution in [2.24, 2.45) is 17.8 Å². The Hall–Kier alpha value is -3.24. The summed E-state index contributed by atoms with van der Waals surface area (Å²) in [5, 5.41) is 39.2. The van der Waals surface area contributed by atoms with Crippen LogP contribution in [-0.4, -0.2) is 52.3 Å². The molecule has 0 unspecified atom stereocenters. The normalized spacial score (nSPS) is 25.2. The second kappa shape index (κ2) is 10.7. The zero-order valence-corrected chi connectivity index (χ0v) is 21.8. The Morgan fingerprint density at radius 2 is 1.95 bits per heavy atom. The van der Waals surface area contributed by atoms with E-state index in [9.17, 15) is 34.2 Å². The number of imide groups is 1. The number of nitrogens with zero attached hydrogens (tertiary/aromatic N) is 1. The van der Waals surface area contributed by atoms with Crippen molar-refractivity contribution in [2.45, 2.75) is 45.5 Å². The standard InChI is InChI=1S/C28H30B2FNO7/c1-15(10-17-7-8-23(33)22(31)12-17)6-9-24-25-16(2)11-20-26(21(25)14-29(36)39-24)28(35)32(27(20)34)19-5-3-4-18(13-19)30(37)38/h3-5,7-8,10,12-13,20-21,24,26,33,36-38H,6,9,11,14H2,1-2H3/b15-10+/t20-,21+,24-,26-/m1/s1. The third kappa shape index (κ3) is 5.19. The van der Waals surface area contributed by atoms with E-state index >= 15 is 0 Å². The van der Waals surface area contributed by atoms with Gasteiger partial charge < -0.3 is 24.8 Å². The molecule has 2 aliphatic heterocycles. The lowest BCUT2D eigenvalue weighted by Crippen LogP contribution is -2.46. The highest BCUT2D eigenvalue weighted by atomic mass is 19.1. The molecule has 2 fully saturated rings. The number of amides is 2. The van der Waals surface area contributed by atoms with E-state index in [0.717, 1.165) is 21.6 Å².